The van der Waals surface area contributed by atoms with Crippen LogP contribution in [-0.4, -0.2) is 30.6 Å². The predicted molar refractivity (Wildman–Crippen MR) is 120 cm³/mol. The maximum atomic E-state index is 13.2. The SMILES string of the molecule is Cc1c(CNCCc2ccc(S(N)(=O)=O)cc2)c(C(=O)O)c(C)n1Cc1ccc(F)cc1. The van der Waals surface area contributed by atoms with Gasteiger partial charge in [-0.1, -0.05) is 24.3 Å². The van der Waals surface area contributed by atoms with E-state index in [2.05, 4.69) is 5.32 Å². The standard InChI is InChI=1S/C23H26FN3O4S/c1-15-21(13-26-12-11-17-5-9-20(10-6-17)32(25,30)31)22(23(28)29)16(2)27(15)14-18-3-7-19(24)8-4-18/h3-10,26H,11-14H2,1-2H3,(H,28,29)(H2,25,30,31). The topological polar surface area (TPSA) is 114 Å². The van der Waals surface area contributed by atoms with Gasteiger partial charge in [-0.05, 0) is 62.2 Å². The van der Waals surface area contributed by atoms with Crippen molar-refractivity contribution in [2.24, 2.45) is 5.14 Å². The first kappa shape index (κ1) is 23.6. The average Bonchev–Trinajstić information content (AvgIpc) is 2.96. The van der Waals surface area contributed by atoms with Gasteiger partial charge in [-0.2, -0.15) is 0 Å². The van der Waals surface area contributed by atoms with E-state index in [1.807, 2.05) is 11.5 Å². The fourth-order valence-electron chi connectivity index (χ4n) is 3.75. The summed E-state index contributed by atoms with van der Waals surface area (Å²) >= 11 is 0. The maximum Gasteiger partial charge on any atom is 0.337 e. The minimum Gasteiger partial charge on any atom is -0.478 e. The molecule has 0 aliphatic heterocycles. The van der Waals surface area contributed by atoms with E-state index in [1.165, 1.54) is 24.3 Å². The normalized spacial score (nSPS) is 11.6. The Morgan fingerprint density at radius 2 is 1.62 bits per heavy atom. The summed E-state index contributed by atoms with van der Waals surface area (Å²) in [6.07, 6.45) is 0.640. The van der Waals surface area contributed by atoms with Crippen LogP contribution in [0.4, 0.5) is 4.39 Å². The molecule has 0 fully saturated rings. The quantitative estimate of drug-likeness (QED) is 0.426. The number of aromatic carboxylic acids is 1. The van der Waals surface area contributed by atoms with Gasteiger partial charge in [-0.3, -0.25) is 0 Å². The number of aromatic nitrogens is 1. The van der Waals surface area contributed by atoms with Gasteiger partial charge in [0, 0.05) is 30.0 Å². The molecule has 32 heavy (non-hydrogen) atoms. The molecule has 7 nitrogen and oxygen atoms in total. The highest BCUT2D eigenvalue weighted by Crippen LogP contribution is 2.24. The van der Waals surface area contributed by atoms with Gasteiger partial charge in [-0.25, -0.2) is 22.7 Å². The van der Waals surface area contributed by atoms with Crippen LogP contribution in [0.2, 0.25) is 0 Å². The highest BCUT2D eigenvalue weighted by atomic mass is 32.2. The molecule has 3 rings (SSSR count). The van der Waals surface area contributed by atoms with Crippen molar-refractivity contribution >= 4 is 16.0 Å². The van der Waals surface area contributed by atoms with Crippen LogP contribution in [0.15, 0.2) is 53.4 Å². The molecule has 0 amide bonds. The first-order valence-corrected chi connectivity index (χ1v) is 11.6. The van der Waals surface area contributed by atoms with Crippen molar-refractivity contribution in [3.63, 3.8) is 0 Å². The number of hydrogen-bond acceptors (Lipinski definition) is 4. The predicted octanol–water partition coefficient (Wildman–Crippen LogP) is 2.97. The minimum atomic E-state index is -3.72. The van der Waals surface area contributed by atoms with Crippen LogP contribution in [0.3, 0.4) is 0 Å². The summed E-state index contributed by atoms with van der Waals surface area (Å²) in [6.45, 7) is 5.06. The van der Waals surface area contributed by atoms with E-state index in [-0.39, 0.29) is 16.3 Å². The number of benzene rings is 2. The first-order valence-electron chi connectivity index (χ1n) is 10.1. The van der Waals surface area contributed by atoms with Crippen molar-refractivity contribution in [1.82, 2.24) is 9.88 Å². The van der Waals surface area contributed by atoms with Crippen LogP contribution in [0.5, 0.6) is 0 Å². The Kier molecular flexibility index (Phi) is 7.12. The summed E-state index contributed by atoms with van der Waals surface area (Å²) in [4.78, 5) is 12.0. The van der Waals surface area contributed by atoms with Gasteiger partial charge in [0.25, 0.3) is 0 Å². The monoisotopic (exact) mass is 459 g/mol. The van der Waals surface area contributed by atoms with E-state index in [4.69, 9.17) is 5.14 Å². The molecule has 1 heterocycles. The number of hydrogen-bond donors (Lipinski definition) is 3. The average molecular weight is 460 g/mol. The molecule has 3 aromatic rings. The number of primary sulfonamides is 1. The van der Waals surface area contributed by atoms with E-state index >= 15 is 0 Å². The number of carbonyl (C=O) groups is 1. The van der Waals surface area contributed by atoms with Crippen LogP contribution < -0.4 is 10.5 Å². The maximum absolute atomic E-state index is 13.2. The summed E-state index contributed by atoms with van der Waals surface area (Å²) in [7, 11) is -3.72. The van der Waals surface area contributed by atoms with Crippen molar-refractivity contribution in [2.75, 3.05) is 6.54 Å². The van der Waals surface area contributed by atoms with Crippen LogP contribution >= 0.6 is 0 Å². The second-order valence-corrected chi connectivity index (χ2v) is 9.22. The third-order valence-electron chi connectivity index (χ3n) is 5.52. The Balaban J connectivity index is 1.70. The van der Waals surface area contributed by atoms with Crippen LogP contribution in [0.25, 0.3) is 0 Å². The number of rotatable bonds is 9. The summed E-state index contributed by atoms with van der Waals surface area (Å²) in [5.74, 6) is -1.30. The van der Waals surface area contributed by atoms with Gasteiger partial charge in [0.1, 0.15) is 5.82 Å². The summed E-state index contributed by atoms with van der Waals surface area (Å²) in [6, 6.07) is 12.5. The lowest BCUT2D eigenvalue weighted by Gasteiger charge is -2.10. The summed E-state index contributed by atoms with van der Waals surface area (Å²) in [5, 5.41) is 18.1. The highest BCUT2D eigenvalue weighted by molar-refractivity contribution is 7.89. The number of nitrogens with one attached hydrogen (secondary N) is 1. The molecule has 170 valence electrons. The lowest BCUT2D eigenvalue weighted by atomic mass is 10.1. The molecule has 0 aliphatic rings. The first-order chi connectivity index (χ1) is 15.1. The molecule has 1 aromatic heterocycles. The fourth-order valence-corrected chi connectivity index (χ4v) is 4.27. The van der Waals surface area contributed by atoms with E-state index in [0.717, 1.165) is 16.8 Å². The molecule has 0 saturated carbocycles. The van der Waals surface area contributed by atoms with Crippen LogP contribution in [0, 0.1) is 19.7 Å². The fraction of sp³-hybridized carbons (Fsp3) is 0.261. The van der Waals surface area contributed by atoms with E-state index < -0.39 is 16.0 Å². The smallest absolute Gasteiger partial charge is 0.337 e. The van der Waals surface area contributed by atoms with Crippen LogP contribution in [0.1, 0.15) is 38.4 Å². The molecule has 2 aromatic carbocycles. The Morgan fingerprint density at radius 3 is 2.19 bits per heavy atom. The van der Waals surface area contributed by atoms with Gasteiger partial charge in [0.05, 0.1) is 10.5 Å². The van der Waals surface area contributed by atoms with Gasteiger partial charge in [0.2, 0.25) is 10.0 Å². The number of sulfonamides is 1. The molecule has 9 heteroatoms. The lowest BCUT2D eigenvalue weighted by molar-refractivity contribution is 0.0694. The molecule has 0 radical (unpaired) electrons. The number of halogens is 1. The molecule has 0 saturated heterocycles. The van der Waals surface area contributed by atoms with Crippen molar-refractivity contribution in [3.8, 4) is 0 Å². The minimum absolute atomic E-state index is 0.0638. The number of carboxylic acids is 1. The second kappa shape index (κ2) is 9.64. The zero-order valence-electron chi connectivity index (χ0n) is 17.9. The van der Waals surface area contributed by atoms with Gasteiger partial charge in [-0.15, -0.1) is 0 Å². The third-order valence-corrected chi connectivity index (χ3v) is 6.45. The molecule has 0 bridgehead atoms. The molecule has 0 atom stereocenters. The largest absolute Gasteiger partial charge is 0.478 e. The molecular formula is C23H26FN3O4S. The third kappa shape index (κ3) is 5.42. The molecular weight excluding hydrogens is 433 g/mol. The van der Waals surface area contributed by atoms with Crippen molar-refractivity contribution < 1.29 is 22.7 Å². The molecule has 0 aliphatic carbocycles. The molecule has 4 N–H and O–H groups in total. The van der Waals surface area contributed by atoms with Crippen molar-refractivity contribution in [2.45, 2.75) is 38.3 Å². The Labute approximate surface area is 186 Å². The van der Waals surface area contributed by atoms with Gasteiger partial charge < -0.3 is 15.0 Å². The zero-order chi connectivity index (χ0) is 23.5. The van der Waals surface area contributed by atoms with E-state index in [1.54, 1.807) is 31.2 Å². The lowest BCUT2D eigenvalue weighted by Crippen LogP contribution is -2.19. The van der Waals surface area contributed by atoms with E-state index in [0.29, 0.717) is 37.3 Å². The zero-order valence-corrected chi connectivity index (χ0v) is 18.7. The summed E-state index contributed by atoms with van der Waals surface area (Å²) in [5.41, 5.74) is 4.29. The Bertz CT molecular complexity index is 1220. The number of carboxylic acid groups (broad SMARTS) is 1. The van der Waals surface area contributed by atoms with Crippen molar-refractivity contribution in [1.29, 1.82) is 0 Å². The van der Waals surface area contributed by atoms with Gasteiger partial charge >= 0.3 is 5.97 Å². The van der Waals surface area contributed by atoms with Crippen LogP contribution in [-0.2, 0) is 29.5 Å². The number of nitrogens with zero attached hydrogens (tertiary/aromatic N) is 1. The van der Waals surface area contributed by atoms with E-state index in [9.17, 15) is 22.7 Å². The molecule has 0 unspecified atom stereocenters. The second-order valence-electron chi connectivity index (χ2n) is 7.66. The summed E-state index contributed by atoms with van der Waals surface area (Å²) < 4.78 is 37.8. The molecule has 0 spiro atoms. The van der Waals surface area contributed by atoms with Crippen molar-refractivity contribution in [3.05, 3.63) is 88.0 Å². The Hall–Kier alpha value is -3.01. The highest BCUT2D eigenvalue weighted by Gasteiger charge is 2.22. The Morgan fingerprint density at radius 1 is 1.03 bits per heavy atom. The van der Waals surface area contributed by atoms with Gasteiger partial charge in [0.15, 0.2) is 0 Å². The number of nitrogens with two attached hydrogens (primary N) is 1.